The summed E-state index contributed by atoms with van der Waals surface area (Å²) in [5.41, 5.74) is -0.753. The average molecular weight is 367 g/mol. The van der Waals surface area contributed by atoms with Gasteiger partial charge in [-0.15, -0.1) is 0 Å². The molecule has 0 aromatic heterocycles. The number of carbonyl (C=O) groups excluding carboxylic acids is 1. The predicted molar refractivity (Wildman–Crippen MR) is 106 cm³/mol. The summed E-state index contributed by atoms with van der Waals surface area (Å²) >= 11 is 0. The lowest BCUT2D eigenvalue weighted by Crippen LogP contribution is -2.22. The first kappa shape index (κ1) is 22.9. The zero-order valence-corrected chi connectivity index (χ0v) is 16.8. The van der Waals surface area contributed by atoms with E-state index in [2.05, 4.69) is 29.9 Å². The topological polar surface area (TPSA) is 66.8 Å². The molecule has 1 saturated carbocycles. The molecule has 0 aromatic carbocycles. The number of aliphatic hydroxyl groups excluding tert-OH is 1. The first-order valence-corrected chi connectivity index (χ1v) is 10.2. The van der Waals surface area contributed by atoms with Gasteiger partial charge in [0.2, 0.25) is 0 Å². The molecule has 0 spiro atoms. The fraction of sp³-hybridized carbons (Fsp3) is 0.773. The lowest BCUT2D eigenvalue weighted by molar-refractivity contribution is -0.140. The fourth-order valence-corrected chi connectivity index (χ4v) is 3.63. The third-order valence-electron chi connectivity index (χ3n) is 5.38. The van der Waals surface area contributed by atoms with Crippen LogP contribution in [0.5, 0.6) is 0 Å². The number of hydrogen-bond donors (Lipinski definition) is 2. The van der Waals surface area contributed by atoms with Gasteiger partial charge in [0.15, 0.2) is 0 Å². The third kappa shape index (κ3) is 9.00. The Morgan fingerprint density at radius 3 is 2.69 bits per heavy atom. The van der Waals surface area contributed by atoms with Crippen molar-refractivity contribution in [3.05, 3.63) is 24.3 Å². The van der Waals surface area contributed by atoms with Crippen molar-refractivity contribution in [2.45, 2.75) is 89.8 Å². The summed E-state index contributed by atoms with van der Waals surface area (Å²) in [6.07, 6.45) is 16.9. The molecular formula is C22H38O4. The van der Waals surface area contributed by atoms with Gasteiger partial charge in [-0.3, -0.25) is 4.79 Å². The molecule has 0 heterocycles. The monoisotopic (exact) mass is 366 g/mol. The van der Waals surface area contributed by atoms with Crippen LogP contribution in [0.3, 0.4) is 0 Å². The summed E-state index contributed by atoms with van der Waals surface area (Å²) in [4.78, 5) is 11.1. The molecule has 0 radical (unpaired) electrons. The average Bonchev–Trinajstić information content (AvgIpc) is 2.96. The van der Waals surface area contributed by atoms with Crippen LogP contribution in [-0.2, 0) is 9.53 Å². The van der Waals surface area contributed by atoms with Gasteiger partial charge in [-0.1, -0.05) is 50.5 Å². The summed E-state index contributed by atoms with van der Waals surface area (Å²) < 4.78 is 4.63. The van der Waals surface area contributed by atoms with Gasteiger partial charge in [0, 0.05) is 6.42 Å². The molecule has 0 saturated heterocycles. The van der Waals surface area contributed by atoms with Crippen LogP contribution >= 0.6 is 0 Å². The van der Waals surface area contributed by atoms with E-state index in [1.807, 2.05) is 13.0 Å². The van der Waals surface area contributed by atoms with Crippen molar-refractivity contribution >= 4 is 5.97 Å². The Hall–Kier alpha value is -1.13. The first-order chi connectivity index (χ1) is 12.4. The minimum absolute atomic E-state index is 0.166. The van der Waals surface area contributed by atoms with E-state index in [1.54, 1.807) is 0 Å². The van der Waals surface area contributed by atoms with E-state index in [0.29, 0.717) is 12.3 Å². The molecule has 0 amide bonds. The van der Waals surface area contributed by atoms with Crippen LogP contribution in [0.15, 0.2) is 24.3 Å². The van der Waals surface area contributed by atoms with Crippen molar-refractivity contribution in [1.29, 1.82) is 0 Å². The quantitative estimate of drug-likeness (QED) is 0.302. The van der Waals surface area contributed by atoms with Gasteiger partial charge >= 0.3 is 5.97 Å². The zero-order valence-electron chi connectivity index (χ0n) is 16.8. The molecule has 4 atom stereocenters. The number of esters is 1. The van der Waals surface area contributed by atoms with Crippen LogP contribution in [0.2, 0.25) is 0 Å². The number of methoxy groups -OCH3 is 1. The van der Waals surface area contributed by atoms with Crippen LogP contribution in [0.25, 0.3) is 0 Å². The second-order valence-electron chi connectivity index (χ2n) is 7.82. The van der Waals surface area contributed by atoms with Gasteiger partial charge < -0.3 is 14.9 Å². The molecule has 150 valence electrons. The van der Waals surface area contributed by atoms with Crippen LogP contribution in [0.4, 0.5) is 0 Å². The summed E-state index contributed by atoms with van der Waals surface area (Å²) in [6, 6.07) is 0. The smallest absolute Gasteiger partial charge is 0.305 e. The van der Waals surface area contributed by atoms with Crippen molar-refractivity contribution in [2.24, 2.45) is 11.8 Å². The first-order valence-electron chi connectivity index (χ1n) is 10.2. The van der Waals surface area contributed by atoms with Crippen LogP contribution in [0, 0.1) is 11.8 Å². The highest BCUT2D eigenvalue weighted by Gasteiger charge is 2.32. The van der Waals surface area contributed by atoms with Gasteiger partial charge in [0.25, 0.3) is 0 Å². The maximum absolute atomic E-state index is 11.1. The van der Waals surface area contributed by atoms with Crippen molar-refractivity contribution < 1.29 is 19.7 Å². The highest BCUT2D eigenvalue weighted by Crippen LogP contribution is 2.36. The van der Waals surface area contributed by atoms with Gasteiger partial charge in [-0.25, -0.2) is 0 Å². The van der Waals surface area contributed by atoms with E-state index < -0.39 is 5.60 Å². The molecule has 26 heavy (non-hydrogen) atoms. The van der Waals surface area contributed by atoms with Gasteiger partial charge in [-0.2, -0.15) is 0 Å². The zero-order chi connectivity index (χ0) is 19.4. The molecule has 2 N–H and O–H groups in total. The number of allylic oxidation sites excluding steroid dienone is 3. The second kappa shape index (κ2) is 12.3. The van der Waals surface area contributed by atoms with Gasteiger partial charge in [-0.05, 0) is 57.3 Å². The van der Waals surface area contributed by atoms with Gasteiger partial charge in [0.1, 0.15) is 0 Å². The van der Waals surface area contributed by atoms with Crippen molar-refractivity contribution in [1.82, 2.24) is 0 Å². The molecule has 4 heteroatoms. The van der Waals surface area contributed by atoms with E-state index in [0.717, 1.165) is 57.8 Å². The van der Waals surface area contributed by atoms with E-state index in [9.17, 15) is 15.0 Å². The molecule has 4 nitrogen and oxygen atoms in total. The largest absolute Gasteiger partial charge is 0.469 e. The van der Waals surface area contributed by atoms with E-state index in [4.69, 9.17) is 0 Å². The molecule has 1 fully saturated rings. The van der Waals surface area contributed by atoms with Gasteiger partial charge in [0.05, 0.1) is 18.8 Å². The number of unbranched alkanes of at least 4 members (excludes halogenated alkanes) is 3. The number of rotatable bonds is 12. The number of hydrogen-bond acceptors (Lipinski definition) is 4. The Morgan fingerprint density at radius 2 is 2.00 bits per heavy atom. The Kier molecular flexibility index (Phi) is 10.8. The number of ether oxygens (including phenoxy) is 1. The highest BCUT2D eigenvalue weighted by molar-refractivity contribution is 5.69. The van der Waals surface area contributed by atoms with Crippen molar-refractivity contribution in [3.63, 3.8) is 0 Å². The summed E-state index contributed by atoms with van der Waals surface area (Å²) in [5, 5.41) is 20.8. The number of carbonyl (C=O) groups is 1. The van der Waals surface area contributed by atoms with Crippen molar-refractivity contribution in [2.75, 3.05) is 7.11 Å². The summed E-state index contributed by atoms with van der Waals surface area (Å²) in [6.45, 7) is 4.04. The predicted octanol–water partition coefficient (Wildman–Crippen LogP) is 4.55. The Labute approximate surface area is 159 Å². The Bertz CT molecular complexity index is 453. The molecular weight excluding hydrogens is 328 g/mol. The summed E-state index contributed by atoms with van der Waals surface area (Å²) in [7, 11) is 1.41. The van der Waals surface area contributed by atoms with E-state index in [1.165, 1.54) is 7.11 Å². The molecule has 4 unspecified atom stereocenters. The maximum atomic E-state index is 11.1. The Balaban J connectivity index is 2.43. The van der Waals surface area contributed by atoms with Crippen molar-refractivity contribution in [3.8, 4) is 0 Å². The lowest BCUT2D eigenvalue weighted by Gasteiger charge is -2.22. The summed E-state index contributed by atoms with van der Waals surface area (Å²) in [5.74, 6) is 0.373. The van der Waals surface area contributed by atoms with E-state index >= 15 is 0 Å². The SMILES string of the molecule is CCCCCC(C)(O)/C=C\C1CCC(O)C1C/C=C/CCCC(=O)OC. The Morgan fingerprint density at radius 1 is 1.23 bits per heavy atom. The highest BCUT2D eigenvalue weighted by atomic mass is 16.5. The second-order valence-corrected chi connectivity index (χ2v) is 7.82. The van der Waals surface area contributed by atoms with Crippen LogP contribution in [0.1, 0.15) is 78.1 Å². The molecule has 1 aliphatic rings. The molecule has 0 aliphatic heterocycles. The minimum Gasteiger partial charge on any atom is -0.469 e. The van der Waals surface area contributed by atoms with Crippen LogP contribution in [-0.4, -0.2) is 35.0 Å². The third-order valence-corrected chi connectivity index (χ3v) is 5.38. The maximum Gasteiger partial charge on any atom is 0.305 e. The fourth-order valence-electron chi connectivity index (χ4n) is 3.63. The normalized spacial score (nSPS) is 25.8. The number of aliphatic hydroxyl groups is 2. The molecule has 0 aromatic rings. The van der Waals surface area contributed by atoms with E-state index in [-0.39, 0.29) is 18.0 Å². The molecule has 1 rings (SSSR count). The molecule has 0 bridgehead atoms. The lowest BCUT2D eigenvalue weighted by atomic mass is 9.88. The molecule has 1 aliphatic carbocycles. The minimum atomic E-state index is -0.753. The van der Waals surface area contributed by atoms with Crippen LogP contribution < -0.4 is 0 Å². The standard InChI is InChI=1S/C22H38O4/c1-4-5-10-16-22(2,25)17-15-18-13-14-20(23)19(18)11-8-6-7-9-12-21(24)26-3/h6,8,15,17-20,23,25H,4-5,7,9-14,16H2,1-3H3/b8-6+,17-15-.